The fourth-order valence-corrected chi connectivity index (χ4v) is 4.69. The van der Waals surface area contributed by atoms with Gasteiger partial charge < -0.3 is 10.1 Å². The van der Waals surface area contributed by atoms with E-state index in [0.717, 1.165) is 19.5 Å². The standard InChI is InChI=1S/C13H18N2O3S/c1-18-11-2-4-12(5-3-11)19(16,17)15-7-6-10-8-14-9-13(10)15/h2-5,10,13-14H,6-9H2,1H3/t10-,13+/m0/s1. The monoisotopic (exact) mass is 282 g/mol. The minimum atomic E-state index is -3.38. The molecular formula is C13H18N2O3S. The topological polar surface area (TPSA) is 58.6 Å². The molecule has 6 heteroatoms. The van der Waals surface area contributed by atoms with Crippen molar-refractivity contribution in [3.8, 4) is 5.75 Å². The number of fused-ring (bicyclic) bond motifs is 1. The van der Waals surface area contributed by atoms with Crippen LogP contribution in [0.15, 0.2) is 29.2 Å². The first-order valence-electron chi connectivity index (χ1n) is 6.49. The third-order valence-corrected chi connectivity index (χ3v) is 6.00. The van der Waals surface area contributed by atoms with E-state index in [4.69, 9.17) is 4.74 Å². The predicted octanol–water partition coefficient (Wildman–Crippen LogP) is 0.678. The van der Waals surface area contributed by atoms with Crippen LogP contribution in [0.5, 0.6) is 5.75 Å². The van der Waals surface area contributed by atoms with Crippen LogP contribution in [-0.2, 0) is 10.0 Å². The number of ether oxygens (including phenoxy) is 1. The predicted molar refractivity (Wildman–Crippen MR) is 71.7 cm³/mol. The van der Waals surface area contributed by atoms with Crippen LogP contribution in [0.2, 0.25) is 0 Å². The van der Waals surface area contributed by atoms with Crippen LogP contribution >= 0.6 is 0 Å². The molecule has 0 saturated carbocycles. The summed E-state index contributed by atoms with van der Waals surface area (Å²) in [5.41, 5.74) is 0. The Bertz CT molecular complexity index is 556. The average Bonchev–Trinajstić information content (AvgIpc) is 3.01. The van der Waals surface area contributed by atoms with Crippen LogP contribution in [0.4, 0.5) is 0 Å². The molecule has 2 aliphatic heterocycles. The van der Waals surface area contributed by atoms with E-state index in [-0.39, 0.29) is 6.04 Å². The molecule has 2 fully saturated rings. The van der Waals surface area contributed by atoms with Gasteiger partial charge in [-0.15, -0.1) is 0 Å². The molecule has 1 aromatic rings. The highest BCUT2D eigenvalue weighted by Gasteiger charge is 2.43. The summed E-state index contributed by atoms with van der Waals surface area (Å²) < 4.78 is 32.0. The molecule has 19 heavy (non-hydrogen) atoms. The Hall–Kier alpha value is -1.11. The van der Waals surface area contributed by atoms with Crippen molar-refractivity contribution in [2.24, 2.45) is 5.92 Å². The van der Waals surface area contributed by atoms with Gasteiger partial charge in [-0.05, 0) is 43.1 Å². The molecule has 2 heterocycles. The van der Waals surface area contributed by atoms with Crippen LogP contribution < -0.4 is 10.1 Å². The number of nitrogens with one attached hydrogen (secondary N) is 1. The van der Waals surface area contributed by atoms with Crippen molar-refractivity contribution in [2.45, 2.75) is 17.4 Å². The van der Waals surface area contributed by atoms with Crippen LogP contribution in [0, 0.1) is 5.92 Å². The minimum absolute atomic E-state index is 0.118. The molecule has 2 saturated heterocycles. The lowest BCUT2D eigenvalue weighted by molar-refractivity contribution is 0.382. The molecule has 0 unspecified atom stereocenters. The Labute approximate surface area is 113 Å². The van der Waals surface area contributed by atoms with E-state index in [1.807, 2.05) is 0 Å². The summed E-state index contributed by atoms with van der Waals surface area (Å²) in [5, 5.41) is 3.27. The SMILES string of the molecule is COc1ccc(S(=O)(=O)N2CC[C@H]3CNC[C@H]32)cc1. The van der Waals surface area contributed by atoms with E-state index in [1.165, 1.54) is 0 Å². The third kappa shape index (κ3) is 2.13. The maximum atomic E-state index is 12.6. The zero-order chi connectivity index (χ0) is 13.5. The van der Waals surface area contributed by atoms with Crippen molar-refractivity contribution >= 4 is 10.0 Å². The highest BCUT2D eigenvalue weighted by atomic mass is 32.2. The molecule has 2 atom stereocenters. The number of nitrogens with zero attached hydrogens (tertiary/aromatic N) is 1. The van der Waals surface area contributed by atoms with Gasteiger partial charge in [0.2, 0.25) is 10.0 Å². The molecule has 0 spiro atoms. The summed E-state index contributed by atoms with van der Waals surface area (Å²) in [4.78, 5) is 0.348. The summed E-state index contributed by atoms with van der Waals surface area (Å²) in [7, 11) is -1.81. The van der Waals surface area contributed by atoms with E-state index in [2.05, 4.69) is 5.32 Å². The van der Waals surface area contributed by atoms with E-state index in [0.29, 0.717) is 23.1 Å². The van der Waals surface area contributed by atoms with Gasteiger partial charge in [0.25, 0.3) is 0 Å². The van der Waals surface area contributed by atoms with Crippen molar-refractivity contribution in [3.05, 3.63) is 24.3 Å². The Morgan fingerprint density at radius 1 is 1.26 bits per heavy atom. The quantitative estimate of drug-likeness (QED) is 0.885. The highest BCUT2D eigenvalue weighted by Crippen LogP contribution is 2.32. The van der Waals surface area contributed by atoms with E-state index in [1.54, 1.807) is 35.7 Å². The largest absolute Gasteiger partial charge is 0.497 e. The summed E-state index contributed by atoms with van der Waals surface area (Å²) in [6.45, 7) is 2.32. The van der Waals surface area contributed by atoms with Gasteiger partial charge in [-0.3, -0.25) is 0 Å². The second kappa shape index (κ2) is 4.77. The molecule has 1 N–H and O–H groups in total. The molecule has 104 valence electrons. The van der Waals surface area contributed by atoms with Crippen molar-refractivity contribution < 1.29 is 13.2 Å². The number of methoxy groups -OCH3 is 1. The van der Waals surface area contributed by atoms with Gasteiger partial charge in [-0.2, -0.15) is 4.31 Å². The summed E-state index contributed by atoms with van der Waals surface area (Å²) in [6.07, 6.45) is 0.951. The van der Waals surface area contributed by atoms with Crippen molar-refractivity contribution in [1.82, 2.24) is 9.62 Å². The summed E-state index contributed by atoms with van der Waals surface area (Å²) >= 11 is 0. The van der Waals surface area contributed by atoms with Crippen LogP contribution in [0.1, 0.15) is 6.42 Å². The molecule has 0 aromatic heterocycles. The minimum Gasteiger partial charge on any atom is -0.497 e. The molecule has 2 aliphatic rings. The first kappa shape index (κ1) is 12.9. The van der Waals surface area contributed by atoms with Gasteiger partial charge in [-0.25, -0.2) is 8.42 Å². The Kier molecular flexibility index (Phi) is 3.24. The molecule has 0 radical (unpaired) electrons. The number of sulfonamides is 1. The second-order valence-corrected chi connectivity index (χ2v) is 6.96. The number of hydrogen-bond donors (Lipinski definition) is 1. The molecular weight excluding hydrogens is 264 g/mol. The summed E-state index contributed by atoms with van der Waals surface area (Å²) in [6, 6.07) is 6.72. The van der Waals surface area contributed by atoms with Gasteiger partial charge >= 0.3 is 0 Å². The zero-order valence-corrected chi connectivity index (χ0v) is 11.7. The fourth-order valence-electron chi connectivity index (χ4n) is 2.99. The Morgan fingerprint density at radius 2 is 2.00 bits per heavy atom. The lowest BCUT2D eigenvalue weighted by Gasteiger charge is -2.22. The molecule has 0 amide bonds. The van der Waals surface area contributed by atoms with E-state index < -0.39 is 10.0 Å². The van der Waals surface area contributed by atoms with Crippen LogP contribution in [0.3, 0.4) is 0 Å². The normalized spacial score (nSPS) is 27.4. The average molecular weight is 282 g/mol. The first-order chi connectivity index (χ1) is 9.13. The highest BCUT2D eigenvalue weighted by molar-refractivity contribution is 7.89. The first-order valence-corrected chi connectivity index (χ1v) is 7.93. The molecule has 3 rings (SSSR count). The Balaban J connectivity index is 1.89. The molecule has 0 bridgehead atoms. The number of rotatable bonds is 3. The van der Waals surface area contributed by atoms with Gasteiger partial charge in [0, 0.05) is 19.1 Å². The molecule has 1 aromatic carbocycles. The second-order valence-electron chi connectivity index (χ2n) is 5.07. The number of hydrogen-bond acceptors (Lipinski definition) is 4. The Morgan fingerprint density at radius 3 is 2.68 bits per heavy atom. The van der Waals surface area contributed by atoms with Gasteiger partial charge in [-0.1, -0.05) is 0 Å². The smallest absolute Gasteiger partial charge is 0.243 e. The zero-order valence-electron chi connectivity index (χ0n) is 10.9. The number of benzene rings is 1. The van der Waals surface area contributed by atoms with Gasteiger partial charge in [0.05, 0.1) is 12.0 Å². The summed E-state index contributed by atoms with van der Waals surface area (Å²) in [5.74, 6) is 1.13. The fraction of sp³-hybridized carbons (Fsp3) is 0.538. The van der Waals surface area contributed by atoms with E-state index >= 15 is 0 Å². The maximum absolute atomic E-state index is 12.6. The van der Waals surface area contributed by atoms with Crippen LogP contribution in [-0.4, -0.2) is 45.5 Å². The molecule has 5 nitrogen and oxygen atoms in total. The molecule has 0 aliphatic carbocycles. The third-order valence-electron chi connectivity index (χ3n) is 4.06. The lowest BCUT2D eigenvalue weighted by atomic mass is 10.1. The van der Waals surface area contributed by atoms with Crippen molar-refractivity contribution in [2.75, 3.05) is 26.7 Å². The van der Waals surface area contributed by atoms with Gasteiger partial charge in [0.15, 0.2) is 0 Å². The maximum Gasteiger partial charge on any atom is 0.243 e. The van der Waals surface area contributed by atoms with Gasteiger partial charge in [0.1, 0.15) is 5.75 Å². The van der Waals surface area contributed by atoms with Crippen LogP contribution in [0.25, 0.3) is 0 Å². The van der Waals surface area contributed by atoms with Crippen molar-refractivity contribution in [3.63, 3.8) is 0 Å². The van der Waals surface area contributed by atoms with E-state index in [9.17, 15) is 8.42 Å². The van der Waals surface area contributed by atoms with Crippen molar-refractivity contribution in [1.29, 1.82) is 0 Å². The lowest BCUT2D eigenvalue weighted by Crippen LogP contribution is -2.38.